The van der Waals surface area contributed by atoms with Crippen LogP contribution in [0.25, 0.3) is 11.3 Å². The number of imidazole rings is 1. The van der Waals surface area contributed by atoms with E-state index in [1.807, 2.05) is 0 Å². The first-order valence-electron chi connectivity index (χ1n) is 8.18. The van der Waals surface area contributed by atoms with E-state index in [0.717, 1.165) is 0 Å². The summed E-state index contributed by atoms with van der Waals surface area (Å²) in [7, 11) is 0. The monoisotopic (exact) mass is 280 g/mol. The van der Waals surface area contributed by atoms with E-state index in [4.69, 9.17) is 9.72 Å². The Balaban J connectivity index is 1.59. The fourth-order valence-electron chi connectivity index (χ4n) is 4.12. The van der Waals surface area contributed by atoms with Crippen LogP contribution in [0.5, 0.6) is 0 Å². The van der Waals surface area contributed by atoms with Crippen molar-refractivity contribution in [2.45, 2.75) is 56.3 Å². The molecule has 5 rings (SSSR count). The predicted molar refractivity (Wildman–Crippen MR) is 81.2 cm³/mol. The standard InChI is InChI=1S/C18H20N2O/c1-2-4-12(5-3-1)17-18(13-6-7-13)20(11-19-17)15-10-14-8-9-16(15)21-14/h1-5,11,13-16H,6-10H2/t14-,15-,16+/m1/s1. The number of hydrogen-bond acceptors (Lipinski definition) is 2. The molecule has 0 spiro atoms. The van der Waals surface area contributed by atoms with Gasteiger partial charge in [-0.15, -0.1) is 0 Å². The third kappa shape index (κ3) is 1.87. The van der Waals surface area contributed by atoms with Crippen LogP contribution in [0.1, 0.15) is 49.8 Å². The summed E-state index contributed by atoms with van der Waals surface area (Å²) in [5.74, 6) is 0.710. The molecule has 3 heteroatoms. The maximum Gasteiger partial charge on any atom is 0.0959 e. The largest absolute Gasteiger partial charge is 0.373 e. The Morgan fingerprint density at radius 2 is 1.90 bits per heavy atom. The molecule has 3 heterocycles. The van der Waals surface area contributed by atoms with Gasteiger partial charge in [-0.3, -0.25) is 0 Å². The van der Waals surface area contributed by atoms with Crippen molar-refractivity contribution in [3.63, 3.8) is 0 Å². The van der Waals surface area contributed by atoms with Gasteiger partial charge >= 0.3 is 0 Å². The lowest BCUT2D eigenvalue weighted by Gasteiger charge is -2.22. The van der Waals surface area contributed by atoms with Crippen LogP contribution in [0.15, 0.2) is 36.7 Å². The lowest BCUT2D eigenvalue weighted by Crippen LogP contribution is -2.21. The van der Waals surface area contributed by atoms with Crippen molar-refractivity contribution in [3.8, 4) is 11.3 Å². The fraction of sp³-hybridized carbons (Fsp3) is 0.500. The summed E-state index contributed by atoms with van der Waals surface area (Å²) in [6.07, 6.45) is 9.26. The molecule has 1 aliphatic carbocycles. The van der Waals surface area contributed by atoms with Crippen LogP contribution in [0.2, 0.25) is 0 Å². The van der Waals surface area contributed by atoms with Gasteiger partial charge in [0.1, 0.15) is 0 Å². The van der Waals surface area contributed by atoms with Crippen LogP contribution < -0.4 is 0 Å². The molecular weight excluding hydrogens is 260 g/mol. The van der Waals surface area contributed by atoms with Crippen molar-refractivity contribution in [3.05, 3.63) is 42.4 Å². The zero-order chi connectivity index (χ0) is 13.8. The predicted octanol–water partition coefficient (Wildman–Crippen LogP) is 3.92. The van der Waals surface area contributed by atoms with E-state index in [1.54, 1.807) is 0 Å². The molecule has 3 atom stereocenters. The van der Waals surface area contributed by atoms with Crippen LogP contribution in [0, 0.1) is 0 Å². The molecule has 2 aliphatic heterocycles. The highest BCUT2D eigenvalue weighted by molar-refractivity contribution is 5.63. The van der Waals surface area contributed by atoms with Gasteiger partial charge in [0.2, 0.25) is 0 Å². The molecule has 2 saturated heterocycles. The Bertz CT molecular complexity index is 659. The normalized spacial score (nSPS) is 31.0. The Hall–Kier alpha value is -1.61. The fourth-order valence-corrected chi connectivity index (χ4v) is 4.12. The maximum absolute atomic E-state index is 6.06. The van der Waals surface area contributed by atoms with E-state index in [9.17, 15) is 0 Å². The lowest BCUT2D eigenvalue weighted by molar-refractivity contribution is 0.0935. The van der Waals surface area contributed by atoms with Gasteiger partial charge < -0.3 is 9.30 Å². The minimum absolute atomic E-state index is 0.422. The van der Waals surface area contributed by atoms with Crippen LogP contribution in [-0.2, 0) is 4.74 Å². The van der Waals surface area contributed by atoms with E-state index < -0.39 is 0 Å². The summed E-state index contributed by atoms with van der Waals surface area (Å²) < 4.78 is 8.52. The highest BCUT2D eigenvalue weighted by Crippen LogP contribution is 2.48. The summed E-state index contributed by atoms with van der Waals surface area (Å²) >= 11 is 0. The molecule has 0 N–H and O–H groups in total. The number of nitrogens with zero attached hydrogens (tertiary/aromatic N) is 2. The minimum Gasteiger partial charge on any atom is -0.373 e. The Morgan fingerprint density at radius 1 is 1.05 bits per heavy atom. The summed E-state index contributed by atoms with van der Waals surface area (Å²) in [6, 6.07) is 11.1. The summed E-state index contributed by atoms with van der Waals surface area (Å²) in [6.45, 7) is 0. The second kappa shape index (κ2) is 4.44. The van der Waals surface area contributed by atoms with Gasteiger partial charge in [-0.2, -0.15) is 0 Å². The summed E-state index contributed by atoms with van der Waals surface area (Å²) in [5.41, 5.74) is 3.91. The highest BCUT2D eigenvalue weighted by atomic mass is 16.5. The Kier molecular flexibility index (Phi) is 2.53. The third-order valence-electron chi connectivity index (χ3n) is 5.27. The van der Waals surface area contributed by atoms with Crippen molar-refractivity contribution in [2.75, 3.05) is 0 Å². The molecule has 0 unspecified atom stereocenters. The van der Waals surface area contributed by atoms with Crippen molar-refractivity contribution < 1.29 is 4.74 Å². The molecule has 3 nitrogen and oxygen atoms in total. The van der Waals surface area contributed by atoms with E-state index in [1.165, 1.54) is 49.1 Å². The van der Waals surface area contributed by atoms with Crippen molar-refractivity contribution >= 4 is 0 Å². The highest BCUT2D eigenvalue weighted by Gasteiger charge is 2.44. The third-order valence-corrected chi connectivity index (χ3v) is 5.27. The molecule has 2 bridgehead atoms. The van der Waals surface area contributed by atoms with E-state index in [-0.39, 0.29) is 0 Å². The first kappa shape index (κ1) is 12.0. The second-order valence-electron chi connectivity index (χ2n) is 6.70. The first-order chi connectivity index (χ1) is 10.4. The van der Waals surface area contributed by atoms with Gasteiger partial charge in [0, 0.05) is 17.2 Å². The lowest BCUT2D eigenvalue weighted by atomic mass is 9.94. The number of ether oxygens (including phenoxy) is 1. The molecule has 2 aromatic rings. The molecule has 108 valence electrons. The molecule has 1 aromatic carbocycles. The zero-order valence-electron chi connectivity index (χ0n) is 12.1. The van der Waals surface area contributed by atoms with Gasteiger partial charge in [0.05, 0.1) is 30.3 Å². The number of hydrogen-bond donors (Lipinski definition) is 0. The molecule has 1 saturated carbocycles. The zero-order valence-corrected chi connectivity index (χ0v) is 12.1. The molecule has 3 fully saturated rings. The second-order valence-corrected chi connectivity index (χ2v) is 6.70. The van der Waals surface area contributed by atoms with Crippen LogP contribution in [0.4, 0.5) is 0 Å². The Labute approximate surface area is 125 Å². The number of fused-ring (bicyclic) bond motifs is 2. The minimum atomic E-state index is 0.422. The average molecular weight is 280 g/mol. The summed E-state index contributed by atoms with van der Waals surface area (Å²) in [5, 5.41) is 0. The quantitative estimate of drug-likeness (QED) is 0.852. The number of rotatable bonds is 3. The van der Waals surface area contributed by atoms with E-state index in [0.29, 0.717) is 24.2 Å². The molecule has 1 aromatic heterocycles. The van der Waals surface area contributed by atoms with Crippen LogP contribution in [0.3, 0.4) is 0 Å². The molecule has 0 radical (unpaired) electrons. The van der Waals surface area contributed by atoms with Crippen LogP contribution in [-0.4, -0.2) is 21.8 Å². The van der Waals surface area contributed by atoms with Gasteiger partial charge in [-0.05, 0) is 32.1 Å². The molecule has 0 amide bonds. The SMILES string of the molecule is c1ccc(-c2ncn([C@@H]3C[C@H]4CC[C@@H]3O4)c2C2CC2)cc1. The van der Waals surface area contributed by atoms with Gasteiger partial charge in [0.15, 0.2) is 0 Å². The number of aromatic nitrogens is 2. The maximum atomic E-state index is 6.06. The Morgan fingerprint density at radius 3 is 2.57 bits per heavy atom. The summed E-state index contributed by atoms with van der Waals surface area (Å²) in [4.78, 5) is 4.78. The van der Waals surface area contributed by atoms with Gasteiger partial charge in [-0.1, -0.05) is 30.3 Å². The topological polar surface area (TPSA) is 27.1 Å². The number of benzene rings is 1. The van der Waals surface area contributed by atoms with Gasteiger partial charge in [0.25, 0.3) is 0 Å². The van der Waals surface area contributed by atoms with Crippen molar-refractivity contribution in [1.29, 1.82) is 0 Å². The van der Waals surface area contributed by atoms with Crippen molar-refractivity contribution in [2.24, 2.45) is 0 Å². The first-order valence-corrected chi connectivity index (χ1v) is 8.18. The van der Waals surface area contributed by atoms with E-state index in [2.05, 4.69) is 41.2 Å². The van der Waals surface area contributed by atoms with Gasteiger partial charge in [-0.25, -0.2) is 4.98 Å². The van der Waals surface area contributed by atoms with E-state index >= 15 is 0 Å². The molecular formula is C18H20N2O. The van der Waals surface area contributed by atoms with Crippen molar-refractivity contribution in [1.82, 2.24) is 9.55 Å². The average Bonchev–Trinajstić information content (AvgIpc) is 2.98. The molecule has 21 heavy (non-hydrogen) atoms. The smallest absolute Gasteiger partial charge is 0.0959 e. The molecule has 3 aliphatic rings. The van der Waals surface area contributed by atoms with Crippen LogP contribution >= 0.6 is 0 Å².